The average molecular weight is 552 g/mol. The monoisotopic (exact) mass is 549 g/mol. The van der Waals surface area contributed by atoms with Crippen molar-refractivity contribution in [2.45, 2.75) is 13.2 Å². The van der Waals surface area contributed by atoms with Gasteiger partial charge in [-0.25, -0.2) is 0 Å². The highest BCUT2D eigenvalue weighted by Gasteiger charge is 2.14. The zero-order valence-corrected chi connectivity index (χ0v) is 20.2. The minimum Gasteiger partial charge on any atom is -0.505 e. The number of nitrogens with one attached hydrogen (secondary N) is 1. The number of hydrogen-bond donors (Lipinski definition) is 2. The van der Waals surface area contributed by atoms with Crippen LogP contribution in [0.5, 0.6) is 17.2 Å². The van der Waals surface area contributed by atoms with E-state index in [0.717, 1.165) is 5.56 Å². The van der Waals surface area contributed by atoms with E-state index < -0.39 is 0 Å². The normalized spacial score (nSPS) is 10.7. The van der Waals surface area contributed by atoms with E-state index in [-0.39, 0.29) is 22.4 Å². The fourth-order valence-electron chi connectivity index (χ4n) is 2.70. The number of rotatable bonds is 7. The summed E-state index contributed by atoms with van der Waals surface area (Å²) < 4.78 is 12.2. The highest BCUT2D eigenvalue weighted by molar-refractivity contribution is 9.10. The summed E-state index contributed by atoms with van der Waals surface area (Å²) in [6, 6.07) is 12.2. The molecule has 0 heterocycles. The first-order valence-corrected chi connectivity index (χ1v) is 10.9. The van der Waals surface area contributed by atoms with Crippen LogP contribution in [-0.2, 0) is 13.2 Å². The van der Waals surface area contributed by atoms with E-state index in [0.29, 0.717) is 43.8 Å². The molecule has 0 aromatic heterocycles. The van der Waals surface area contributed by atoms with Gasteiger partial charge in [0.25, 0.3) is 0 Å². The Labute approximate surface area is 202 Å². The molecule has 0 amide bonds. The summed E-state index contributed by atoms with van der Waals surface area (Å²) in [5.74, 6) is 0.938. The Hall–Kier alpha value is -1.50. The number of phenols is 1. The molecule has 0 bridgehead atoms. The van der Waals surface area contributed by atoms with Crippen molar-refractivity contribution in [2.24, 2.45) is 0 Å². The maximum absolute atomic E-state index is 9.67. The van der Waals surface area contributed by atoms with Gasteiger partial charge < -0.3 is 19.9 Å². The van der Waals surface area contributed by atoms with E-state index in [1.165, 1.54) is 0 Å². The van der Waals surface area contributed by atoms with Crippen molar-refractivity contribution >= 4 is 68.0 Å². The van der Waals surface area contributed by atoms with Crippen molar-refractivity contribution in [1.82, 2.24) is 0 Å². The van der Waals surface area contributed by atoms with Crippen molar-refractivity contribution in [3.8, 4) is 17.2 Å². The van der Waals surface area contributed by atoms with E-state index in [1.54, 1.807) is 37.4 Å². The summed E-state index contributed by atoms with van der Waals surface area (Å²) in [4.78, 5) is 0. The van der Waals surface area contributed by atoms with Gasteiger partial charge in [0.2, 0.25) is 0 Å². The Morgan fingerprint density at radius 2 is 1.60 bits per heavy atom. The third kappa shape index (κ3) is 5.40. The second-order valence-corrected chi connectivity index (χ2v) is 8.72. The molecule has 30 heavy (non-hydrogen) atoms. The van der Waals surface area contributed by atoms with Crippen LogP contribution in [0.15, 0.2) is 46.9 Å². The first-order chi connectivity index (χ1) is 14.3. The van der Waals surface area contributed by atoms with Crippen molar-refractivity contribution in [2.75, 3.05) is 12.4 Å². The third-order valence-corrected chi connectivity index (χ3v) is 6.10. The van der Waals surface area contributed by atoms with Crippen LogP contribution in [0.4, 0.5) is 5.69 Å². The van der Waals surface area contributed by atoms with E-state index >= 15 is 0 Å². The number of anilines is 1. The Morgan fingerprint density at radius 3 is 2.20 bits per heavy atom. The summed E-state index contributed by atoms with van der Waals surface area (Å²) >= 11 is 27.9. The quantitative estimate of drug-likeness (QED) is 0.292. The van der Waals surface area contributed by atoms with Crippen molar-refractivity contribution in [3.05, 3.63) is 78.2 Å². The molecule has 0 atom stereocenters. The fourth-order valence-corrected chi connectivity index (χ4v) is 4.30. The number of ether oxygens (including phenoxy) is 2. The van der Waals surface area contributed by atoms with Crippen LogP contribution in [-0.4, -0.2) is 12.2 Å². The summed E-state index contributed by atoms with van der Waals surface area (Å²) in [6.45, 7) is 0.651. The lowest BCUT2D eigenvalue weighted by Crippen LogP contribution is -2.03. The van der Waals surface area contributed by atoms with Crippen LogP contribution in [0.3, 0.4) is 0 Å². The molecule has 0 aliphatic heterocycles. The molecule has 0 saturated heterocycles. The Balaban J connectivity index is 1.77. The van der Waals surface area contributed by atoms with Gasteiger partial charge in [-0.2, -0.15) is 0 Å². The number of phenolic OH excluding ortho intramolecular Hbond substituents is 1. The zero-order chi connectivity index (χ0) is 21.8. The fraction of sp³-hybridized carbons (Fsp3) is 0.143. The average Bonchev–Trinajstić information content (AvgIpc) is 2.70. The molecular weight excluding hydrogens is 536 g/mol. The summed E-state index contributed by atoms with van der Waals surface area (Å²) in [7, 11) is 1.56. The lowest BCUT2D eigenvalue weighted by molar-refractivity contribution is 0.282. The van der Waals surface area contributed by atoms with E-state index in [4.69, 9.17) is 55.9 Å². The van der Waals surface area contributed by atoms with Gasteiger partial charge in [0, 0.05) is 27.8 Å². The van der Waals surface area contributed by atoms with Crippen LogP contribution >= 0.6 is 62.3 Å². The van der Waals surface area contributed by atoms with E-state index in [1.807, 2.05) is 12.1 Å². The van der Waals surface area contributed by atoms with Crippen LogP contribution < -0.4 is 14.8 Å². The van der Waals surface area contributed by atoms with Gasteiger partial charge in [-0.15, -0.1) is 0 Å². The molecule has 3 aromatic rings. The van der Waals surface area contributed by atoms with E-state index in [9.17, 15) is 5.11 Å². The van der Waals surface area contributed by atoms with Crippen LogP contribution in [0.25, 0.3) is 0 Å². The first-order valence-electron chi connectivity index (χ1n) is 8.64. The molecule has 0 spiro atoms. The molecule has 158 valence electrons. The van der Waals surface area contributed by atoms with Gasteiger partial charge in [0.15, 0.2) is 17.2 Å². The standard InChI is InChI=1S/C21H16BrCl4NO3/c1-29-19-6-11(9-27-12-7-17(25)20(28)18(26)8-12)5-14(22)21(19)30-10-13-15(23)3-2-4-16(13)24/h2-8,27-28H,9-10H2,1H3. The first kappa shape index (κ1) is 23.2. The predicted octanol–water partition coefficient (Wildman–Crippen LogP) is 7.97. The molecule has 2 N–H and O–H groups in total. The van der Waals surface area contributed by atoms with Gasteiger partial charge in [-0.3, -0.25) is 0 Å². The topological polar surface area (TPSA) is 50.7 Å². The van der Waals surface area contributed by atoms with E-state index in [2.05, 4.69) is 21.2 Å². The number of methoxy groups -OCH3 is 1. The van der Waals surface area contributed by atoms with Gasteiger partial charge in [0.05, 0.1) is 21.6 Å². The van der Waals surface area contributed by atoms with Crippen molar-refractivity contribution in [1.29, 1.82) is 0 Å². The highest BCUT2D eigenvalue weighted by atomic mass is 79.9. The van der Waals surface area contributed by atoms with Gasteiger partial charge in [-0.1, -0.05) is 52.5 Å². The lowest BCUT2D eigenvalue weighted by Gasteiger charge is -2.16. The highest BCUT2D eigenvalue weighted by Crippen LogP contribution is 2.39. The minimum atomic E-state index is -0.145. The predicted molar refractivity (Wildman–Crippen MR) is 127 cm³/mol. The Morgan fingerprint density at radius 1 is 0.967 bits per heavy atom. The van der Waals surface area contributed by atoms with Gasteiger partial charge in [-0.05, 0) is 57.9 Å². The summed E-state index contributed by atoms with van der Waals surface area (Å²) in [5, 5.41) is 14.3. The smallest absolute Gasteiger partial charge is 0.175 e. The molecular formula is C21H16BrCl4NO3. The molecule has 0 unspecified atom stereocenters. The molecule has 0 radical (unpaired) electrons. The second kappa shape index (κ2) is 10.2. The Bertz CT molecular complexity index is 1040. The number of halogens is 5. The zero-order valence-electron chi connectivity index (χ0n) is 15.6. The molecule has 0 fully saturated rings. The number of aromatic hydroxyl groups is 1. The molecule has 0 saturated carbocycles. The number of benzene rings is 3. The second-order valence-electron chi connectivity index (χ2n) is 6.24. The molecule has 9 heteroatoms. The molecule has 3 aromatic carbocycles. The molecule has 0 aliphatic rings. The number of hydrogen-bond acceptors (Lipinski definition) is 4. The van der Waals surface area contributed by atoms with Crippen molar-refractivity contribution in [3.63, 3.8) is 0 Å². The molecule has 0 aliphatic carbocycles. The summed E-state index contributed by atoms with van der Waals surface area (Å²) in [6.07, 6.45) is 0. The Kier molecular flexibility index (Phi) is 7.88. The maximum atomic E-state index is 9.67. The minimum absolute atomic E-state index is 0.145. The molecule has 3 rings (SSSR count). The maximum Gasteiger partial charge on any atom is 0.175 e. The third-order valence-electron chi connectivity index (χ3n) is 4.23. The SMILES string of the molecule is COc1cc(CNc2cc(Cl)c(O)c(Cl)c2)cc(Br)c1OCc1c(Cl)cccc1Cl. The van der Waals surface area contributed by atoms with Crippen molar-refractivity contribution < 1.29 is 14.6 Å². The summed E-state index contributed by atoms with van der Waals surface area (Å²) in [5.41, 5.74) is 2.29. The van der Waals surface area contributed by atoms with Crippen LogP contribution in [0.1, 0.15) is 11.1 Å². The van der Waals surface area contributed by atoms with Crippen LogP contribution in [0.2, 0.25) is 20.1 Å². The largest absolute Gasteiger partial charge is 0.505 e. The van der Waals surface area contributed by atoms with Crippen LogP contribution in [0, 0.1) is 0 Å². The van der Waals surface area contributed by atoms with Gasteiger partial charge in [0.1, 0.15) is 6.61 Å². The van der Waals surface area contributed by atoms with Gasteiger partial charge >= 0.3 is 0 Å². The molecule has 4 nitrogen and oxygen atoms in total. The lowest BCUT2D eigenvalue weighted by atomic mass is 10.2.